The zero-order chi connectivity index (χ0) is 19.6. The molecule has 0 spiro atoms. The molecule has 8 atom stereocenters. The summed E-state index contributed by atoms with van der Waals surface area (Å²) in [4.78, 5) is 12.4. The molecule has 0 aromatic heterocycles. The molecule has 0 heterocycles. The minimum atomic E-state index is -5.50. The fraction of sp³-hybridized carbons (Fsp3) is 0.938. The van der Waals surface area contributed by atoms with Gasteiger partial charge in [0.05, 0.1) is 5.92 Å². The molecule has 0 aromatic rings. The van der Waals surface area contributed by atoms with E-state index in [4.69, 9.17) is 5.26 Å². The third-order valence-electron chi connectivity index (χ3n) is 7.05. The van der Waals surface area contributed by atoms with Gasteiger partial charge in [-0.1, -0.05) is 5.04 Å². The molecule has 27 heavy (non-hydrogen) atoms. The number of rotatable bonds is 6. The lowest BCUT2D eigenvalue weighted by Crippen LogP contribution is -2.48. The third-order valence-corrected chi connectivity index (χ3v) is 7.61. The molecule has 1 N–H and O–H groups in total. The van der Waals surface area contributed by atoms with E-state index in [1.165, 1.54) is 6.42 Å². The fourth-order valence-electron chi connectivity index (χ4n) is 6.47. The standard InChI is InChI=1S/C16H19F5O5S/c17-15(18,19)14(16(20,21)27-26-25-23)24-13(22)10-5-8-4-9(10)12-7-2-1-6(3-7)11(8)12/h6-12,14,23H,1-5H2. The Hall–Kier alpha value is -0.650. The maximum Gasteiger partial charge on any atom is 0.432 e. The summed E-state index contributed by atoms with van der Waals surface area (Å²) >= 11 is -1.06. The Morgan fingerprint density at radius 3 is 2.30 bits per heavy atom. The van der Waals surface area contributed by atoms with Crippen molar-refractivity contribution in [3.63, 3.8) is 0 Å². The fourth-order valence-corrected chi connectivity index (χ4v) is 6.86. The Kier molecular flexibility index (Phi) is 4.88. The van der Waals surface area contributed by atoms with Crippen LogP contribution in [0, 0.1) is 41.4 Å². The molecule has 11 heteroatoms. The van der Waals surface area contributed by atoms with Crippen molar-refractivity contribution in [2.75, 3.05) is 0 Å². The van der Waals surface area contributed by atoms with Crippen molar-refractivity contribution in [1.29, 1.82) is 0 Å². The zero-order valence-corrected chi connectivity index (χ0v) is 14.8. The Morgan fingerprint density at radius 2 is 1.67 bits per heavy atom. The van der Waals surface area contributed by atoms with Crippen LogP contribution >= 0.6 is 12.0 Å². The first-order valence-corrected chi connectivity index (χ1v) is 9.68. The predicted octanol–water partition coefficient (Wildman–Crippen LogP) is 4.44. The molecular formula is C16H19F5O5S. The smallest absolute Gasteiger partial charge is 0.432 e. The van der Waals surface area contributed by atoms with Crippen LogP contribution < -0.4 is 0 Å². The van der Waals surface area contributed by atoms with Gasteiger partial charge in [0.1, 0.15) is 12.0 Å². The summed E-state index contributed by atoms with van der Waals surface area (Å²) in [5.41, 5.74) is 0. The number of ether oxygens (including phenoxy) is 1. The van der Waals surface area contributed by atoms with E-state index < -0.39 is 41.5 Å². The summed E-state index contributed by atoms with van der Waals surface area (Å²) in [5.74, 6) is 0.191. The molecule has 5 nitrogen and oxygen atoms in total. The summed E-state index contributed by atoms with van der Waals surface area (Å²) in [6.45, 7) is 0. The summed E-state index contributed by atoms with van der Waals surface area (Å²) in [6.07, 6.45) is -4.64. The first kappa shape index (κ1) is 19.7. The lowest BCUT2D eigenvalue weighted by molar-refractivity contribution is -0.434. The van der Waals surface area contributed by atoms with Gasteiger partial charge in [-0.2, -0.15) is 22.0 Å². The average molecular weight is 418 g/mol. The summed E-state index contributed by atoms with van der Waals surface area (Å²) in [7, 11) is 0. The largest absolute Gasteiger partial charge is 0.445 e. The molecule has 8 unspecified atom stereocenters. The highest BCUT2D eigenvalue weighted by atomic mass is 32.2. The number of carbonyl (C=O) groups is 1. The van der Waals surface area contributed by atoms with Gasteiger partial charge in [0.25, 0.3) is 6.10 Å². The first-order chi connectivity index (χ1) is 12.6. The van der Waals surface area contributed by atoms with Gasteiger partial charge < -0.3 is 4.74 Å². The van der Waals surface area contributed by atoms with E-state index in [2.05, 4.69) is 14.1 Å². The highest BCUT2D eigenvalue weighted by molar-refractivity contribution is 7.95. The minimum absolute atomic E-state index is 0.0741. The maximum absolute atomic E-state index is 13.8. The molecule has 4 aliphatic rings. The number of hydrogen-bond acceptors (Lipinski definition) is 6. The van der Waals surface area contributed by atoms with Crippen molar-refractivity contribution in [3.8, 4) is 0 Å². The van der Waals surface area contributed by atoms with Crippen LogP contribution in [0.15, 0.2) is 0 Å². The topological polar surface area (TPSA) is 65.0 Å². The molecule has 4 aliphatic carbocycles. The highest BCUT2D eigenvalue weighted by Gasteiger charge is 2.65. The van der Waals surface area contributed by atoms with Gasteiger partial charge in [-0.3, -0.25) is 4.79 Å². The van der Waals surface area contributed by atoms with Crippen molar-refractivity contribution in [2.24, 2.45) is 41.4 Å². The number of esters is 1. The van der Waals surface area contributed by atoms with Crippen molar-refractivity contribution < 1.29 is 46.1 Å². The molecular weight excluding hydrogens is 399 g/mol. The average Bonchev–Trinajstić information content (AvgIpc) is 3.34. The molecule has 4 saturated carbocycles. The predicted molar refractivity (Wildman–Crippen MR) is 80.8 cm³/mol. The number of hydrogen-bond donors (Lipinski definition) is 1. The van der Waals surface area contributed by atoms with Gasteiger partial charge in [-0.05, 0) is 67.6 Å². The molecule has 0 aromatic carbocycles. The number of alkyl halides is 5. The molecule has 0 amide bonds. The summed E-state index contributed by atoms with van der Waals surface area (Å²) < 4.78 is 74.6. The monoisotopic (exact) mass is 418 g/mol. The SMILES string of the molecule is O=C(OC(C(F)(F)F)C(F)(F)SOOO)C1CC2CC1C1C3CCC(C3)C21. The van der Waals surface area contributed by atoms with E-state index in [1.807, 2.05) is 0 Å². The van der Waals surface area contributed by atoms with E-state index in [-0.39, 0.29) is 11.8 Å². The molecule has 0 saturated heterocycles. The van der Waals surface area contributed by atoms with Crippen molar-refractivity contribution in [2.45, 2.75) is 49.6 Å². The summed E-state index contributed by atoms with van der Waals surface area (Å²) in [6, 6.07) is 0. The maximum atomic E-state index is 13.8. The zero-order valence-electron chi connectivity index (χ0n) is 14.0. The number of halogens is 5. The molecule has 154 valence electrons. The van der Waals surface area contributed by atoms with Crippen molar-refractivity contribution in [3.05, 3.63) is 0 Å². The van der Waals surface area contributed by atoms with Crippen LogP contribution in [0.4, 0.5) is 22.0 Å². The van der Waals surface area contributed by atoms with Gasteiger partial charge in [-0.15, -0.1) is 4.33 Å². The van der Waals surface area contributed by atoms with Crippen LogP contribution in [0.1, 0.15) is 32.1 Å². The van der Waals surface area contributed by atoms with Gasteiger partial charge in [0.2, 0.25) is 0 Å². The van der Waals surface area contributed by atoms with Crippen LogP contribution in [0.5, 0.6) is 0 Å². The van der Waals surface area contributed by atoms with Crippen molar-refractivity contribution >= 4 is 18.0 Å². The molecule has 4 fully saturated rings. The quantitative estimate of drug-likeness (QED) is 0.172. The van der Waals surface area contributed by atoms with Crippen LogP contribution in [0.3, 0.4) is 0 Å². The second-order valence-electron chi connectivity index (χ2n) is 8.14. The van der Waals surface area contributed by atoms with E-state index in [0.29, 0.717) is 30.1 Å². The Labute approximate surface area is 156 Å². The van der Waals surface area contributed by atoms with Crippen LogP contribution in [-0.2, 0) is 18.9 Å². The molecule has 4 bridgehead atoms. The van der Waals surface area contributed by atoms with E-state index in [9.17, 15) is 26.7 Å². The van der Waals surface area contributed by atoms with Gasteiger partial charge in [0, 0.05) is 0 Å². The highest BCUT2D eigenvalue weighted by Crippen LogP contribution is 2.69. The van der Waals surface area contributed by atoms with Crippen LogP contribution in [0.25, 0.3) is 0 Å². The number of fused-ring (bicyclic) bond motifs is 9. The second kappa shape index (κ2) is 6.70. The lowest BCUT2D eigenvalue weighted by Gasteiger charge is -2.38. The lowest BCUT2D eigenvalue weighted by atomic mass is 9.67. The first-order valence-electron chi connectivity index (χ1n) is 8.94. The third kappa shape index (κ3) is 3.24. The summed E-state index contributed by atoms with van der Waals surface area (Å²) in [5, 5.41) is 6.17. The normalized spacial score (nSPS) is 41.0. The molecule has 0 radical (unpaired) electrons. The van der Waals surface area contributed by atoms with E-state index in [0.717, 1.165) is 19.3 Å². The molecule has 0 aliphatic heterocycles. The van der Waals surface area contributed by atoms with Crippen LogP contribution in [-0.4, -0.2) is 28.8 Å². The number of carbonyl (C=O) groups excluding carboxylic acids is 1. The van der Waals surface area contributed by atoms with E-state index >= 15 is 0 Å². The second-order valence-corrected chi connectivity index (χ2v) is 8.98. The Morgan fingerprint density at radius 1 is 1.00 bits per heavy atom. The Balaban J connectivity index is 1.46. The van der Waals surface area contributed by atoms with Crippen LogP contribution in [0.2, 0.25) is 0 Å². The Bertz CT molecular complexity index is 602. The van der Waals surface area contributed by atoms with Gasteiger partial charge in [0.15, 0.2) is 0 Å². The molecule has 4 rings (SSSR count). The van der Waals surface area contributed by atoms with Crippen molar-refractivity contribution in [1.82, 2.24) is 0 Å². The van der Waals surface area contributed by atoms with Gasteiger partial charge >= 0.3 is 17.4 Å². The van der Waals surface area contributed by atoms with E-state index in [1.54, 1.807) is 0 Å². The minimum Gasteiger partial charge on any atom is -0.445 e. The van der Waals surface area contributed by atoms with Gasteiger partial charge in [-0.25, -0.2) is 5.26 Å².